The van der Waals surface area contributed by atoms with Gasteiger partial charge in [-0.2, -0.15) is 0 Å². The molecule has 7 nitrogen and oxygen atoms in total. The molecule has 1 heterocycles. The van der Waals surface area contributed by atoms with Crippen LogP contribution in [0, 0.1) is 0 Å². The lowest BCUT2D eigenvalue weighted by Crippen LogP contribution is -2.21. The molecule has 2 aromatic rings. The molecule has 0 saturated carbocycles. The zero-order valence-corrected chi connectivity index (χ0v) is 15.9. The van der Waals surface area contributed by atoms with E-state index in [4.69, 9.17) is 9.47 Å². The molecule has 0 aliphatic carbocycles. The molecule has 0 spiro atoms. The molecule has 0 radical (unpaired) electrons. The topological polar surface area (TPSA) is 88.7 Å². The zero-order valence-electron chi connectivity index (χ0n) is 15.9. The summed E-state index contributed by atoms with van der Waals surface area (Å²) in [5.74, 6) is 0.416. The van der Waals surface area contributed by atoms with Gasteiger partial charge in [-0.25, -0.2) is 0 Å². The Bertz CT molecular complexity index is 802. The predicted octanol–water partition coefficient (Wildman–Crippen LogP) is 3.25. The van der Waals surface area contributed by atoms with Gasteiger partial charge in [0.25, 0.3) is 0 Å². The summed E-state index contributed by atoms with van der Waals surface area (Å²) in [6.45, 7) is 2.90. The van der Waals surface area contributed by atoms with Crippen molar-refractivity contribution in [2.24, 2.45) is 0 Å². The van der Waals surface area contributed by atoms with Gasteiger partial charge in [-0.05, 0) is 49.2 Å². The third kappa shape index (κ3) is 6.28. The van der Waals surface area contributed by atoms with E-state index in [1.54, 1.807) is 30.3 Å². The summed E-state index contributed by atoms with van der Waals surface area (Å²) < 4.78 is 11.3. The molecule has 3 rings (SSSR count). The third-order valence-corrected chi connectivity index (χ3v) is 4.24. The van der Waals surface area contributed by atoms with Crippen molar-refractivity contribution in [1.82, 2.24) is 0 Å². The van der Waals surface area contributed by atoms with Crippen LogP contribution in [0.15, 0.2) is 48.5 Å². The van der Waals surface area contributed by atoms with Crippen molar-refractivity contribution in [3.05, 3.63) is 48.5 Å². The van der Waals surface area contributed by atoms with Gasteiger partial charge in [-0.15, -0.1) is 0 Å². The summed E-state index contributed by atoms with van der Waals surface area (Å²) >= 11 is 0. The van der Waals surface area contributed by atoms with Crippen molar-refractivity contribution in [2.45, 2.75) is 25.9 Å². The van der Waals surface area contributed by atoms with E-state index in [1.807, 2.05) is 18.2 Å². The van der Waals surface area contributed by atoms with Crippen LogP contribution in [0.2, 0.25) is 0 Å². The third-order valence-electron chi connectivity index (χ3n) is 4.24. The molecule has 1 fully saturated rings. The Labute approximate surface area is 164 Å². The van der Waals surface area contributed by atoms with Crippen LogP contribution in [-0.4, -0.2) is 37.7 Å². The average Bonchev–Trinajstić information content (AvgIpc) is 3.19. The predicted molar refractivity (Wildman–Crippen MR) is 109 cm³/mol. The number of rotatable bonds is 8. The first kappa shape index (κ1) is 19.7. The van der Waals surface area contributed by atoms with Gasteiger partial charge < -0.3 is 25.4 Å². The second-order valence-corrected chi connectivity index (χ2v) is 6.63. The fourth-order valence-corrected chi connectivity index (χ4v) is 2.89. The Balaban J connectivity index is 1.45. The molecule has 2 amide bonds. The molecular weight excluding hydrogens is 358 g/mol. The van der Waals surface area contributed by atoms with Crippen molar-refractivity contribution >= 4 is 28.9 Å². The van der Waals surface area contributed by atoms with Crippen molar-refractivity contribution in [2.75, 3.05) is 35.7 Å². The van der Waals surface area contributed by atoms with E-state index in [0.717, 1.165) is 25.1 Å². The summed E-state index contributed by atoms with van der Waals surface area (Å²) in [6, 6.07) is 14.5. The van der Waals surface area contributed by atoms with Gasteiger partial charge >= 0.3 is 0 Å². The van der Waals surface area contributed by atoms with Gasteiger partial charge in [0.05, 0.1) is 12.6 Å². The molecule has 7 heteroatoms. The van der Waals surface area contributed by atoms with Crippen molar-refractivity contribution in [3.8, 4) is 5.75 Å². The molecule has 0 aromatic heterocycles. The Morgan fingerprint density at radius 2 is 1.86 bits per heavy atom. The number of benzene rings is 2. The highest BCUT2D eigenvalue weighted by Gasteiger charge is 2.16. The lowest BCUT2D eigenvalue weighted by atomic mass is 10.2. The monoisotopic (exact) mass is 383 g/mol. The van der Waals surface area contributed by atoms with E-state index in [0.29, 0.717) is 23.7 Å². The number of hydrogen-bond donors (Lipinski definition) is 3. The number of carbonyl (C=O) groups excluding carboxylic acids is 2. The standard InChI is InChI=1S/C21H25N3O4/c1-15(25)23-17-9-7-16(8-10-17)22-13-21(26)24-18-4-2-5-19(12-18)28-14-20-6-3-11-27-20/h2,4-5,7-10,12,20,22H,3,6,11,13-14H2,1H3,(H,23,25)(H,24,26). The molecule has 28 heavy (non-hydrogen) atoms. The fourth-order valence-electron chi connectivity index (χ4n) is 2.89. The Morgan fingerprint density at radius 3 is 2.57 bits per heavy atom. The maximum atomic E-state index is 12.2. The van der Waals surface area contributed by atoms with Gasteiger partial charge in [0.15, 0.2) is 0 Å². The van der Waals surface area contributed by atoms with Crippen LogP contribution < -0.4 is 20.7 Å². The number of ether oxygens (including phenoxy) is 2. The molecule has 0 bridgehead atoms. The summed E-state index contributed by atoms with van der Waals surface area (Å²) in [7, 11) is 0. The summed E-state index contributed by atoms with van der Waals surface area (Å²) in [6.07, 6.45) is 2.25. The van der Waals surface area contributed by atoms with Crippen molar-refractivity contribution in [1.29, 1.82) is 0 Å². The van der Waals surface area contributed by atoms with E-state index < -0.39 is 0 Å². The van der Waals surface area contributed by atoms with E-state index in [2.05, 4.69) is 16.0 Å². The average molecular weight is 383 g/mol. The first-order chi connectivity index (χ1) is 13.6. The second kappa shape index (κ2) is 9.75. The SMILES string of the molecule is CC(=O)Nc1ccc(NCC(=O)Nc2cccc(OCC3CCCO3)c2)cc1. The quantitative estimate of drug-likeness (QED) is 0.651. The highest BCUT2D eigenvalue weighted by Crippen LogP contribution is 2.20. The number of amides is 2. The van der Waals surface area contributed by atoms with E-state index in [9.17, 15) is 9.59 Å². The number of anilines is 3. The number of nitrogens with one attached hydrogen (secondary N) is 3. The van der Waals surface area contributed by atoms with Gasteiger partial charge in [-0.1, -0.05) is 6.07 Å². The van der Waals surface area contributed by atoms with Gasteiger partial charge in [0.1, 0.15) is 12.4 Å². The maximum absolute atomic E-state index is 12.2. The minimum Gasteiger partial charge on any atom is -0.491 e. The van der Waals surface area contributed by atoms with Crippen LogP contribution in [0.25, 0.3) is 0 Å². The van der Waals surface area contributed by atoms with Crippen LogP contribution in [0.1, 0.15) is 19.8 Å². The molecule has 2 aromatic carbocycles. The first-order valence-corrected chi connectivity index (χ1v) is 9.34. The van der Waals surface area contributed by atoms with Crippen LogP contribution in [-0.2, 0) is 14.3 Å². The molecule has 1 aliphatic rings. The molecule has 1 aliphatic heterocycles. The Hall–Kier alpha value is -3.06. The fraction of sp³-hybridized carbons (Fsp3) is 0.333. The molecule has 148 valence electrons. The van der Waals surface area contributed by atoms with E-state index in [1.165, 1.54) is 6.92 Å². The lowest BCUT2D eigenvalue weighted by molar-refractivity contribution is -0.115. The largest absolute Gasteiger partial charge is 0.491 e. The van der Waals surface area contributed by atoms with E-state index >= 15 is 0 Å². The number of carbonyl (C=O) groups is 2. The smallest absolute Gasteiger partial charge is 0.243 e. The molecule has 3 N–H and O–H groups in total. The molecule has 1 atom stereocenters. The Kier molecular flexibility index (Phi) is 6.86. The minimum absolute atomic E-state index is 0.123. The summed E-state index contributed by atoms with van der Waals surface area (Å²) in [4.78, 5) is 23.2. The van der Waals surface area contributed by atoms with Crippen LogP contribution in [0.4, 0.5) is 17.1 Å². The molecule has 1 unspecified atom stereocenters. The molecular formula is C21H25N3O4. The summed E-state index contributed by atoms with van der Waals surface area (Å²) in [5, 5.41) is 8.60. The summed E-state index contributed by atoms with van der Waals surface area (Å²) in [5.41, 5.74) is 2.18. The Morgan fingerprint density at radius 1 is 1.07 bits per heavy atom. The molecule has 1 saturated heterocycles. The highest BCUT2D eigenvalue weighted by molar-refractivity contribution is 5.94. The van der Waals surface area contributed by atoms with Crippen LogP contribution in [0.3, 0.4) is 0 Å². The van der Waals surface area contributed by atoms with E-state index in [-0.39, 0.29) is 24.5 Å². The zero-order chi connectivity index (χ0) is 19.8. The second-order valence-electron chi connectivity index (χ2n) is 6.63. The van der Waals surface area contributed by atoms with Crippen molar-refractivity contribution < 1.29 is 19.1 Å². The lowest BCUT2D eigenvalue weighted by Gasteiger charge is -2.13. The van der Waals surface area contributed by atoms with Crippen LogP contribution in [0.5, 0.6) is 5.75 Å². The van der Waals surface area contributed by atoms with Gasteiger partial charge in [0.2, 0.25) is 11.8 Å². The minimum atomic E-state index is -0.165. The van der Waals surface area contributed by atoms with Gasteiger partial charge in [0, 0.05) is 36.7 Å². The van der Waals surface area contributed by atoms with Gasteiger partial charge in [-0.3, -0.25) is 9.59 Å². The maximum Gasteiger partial charge on any atom is 0.243 e. The highest BCUT2D eigenvalue weighted by atomic mass is 16.5. The first-order valence-electron chi connectivity index (χ1n) is 9.34. The van der Waals surface area contributed by atoms with Crippen LogP contribution >= 0.6 is 0 Å². The normalized spacial score (nSPS) is 15.7. The van der Waals surface area contributed by atoms with Crippen molar-refractivity contribution in [3.63, 3.8) is 0 Å². The number of hydrogen-bond acceptors (Lipinski definition) is 5.